The zero-order valence-corrected chi connectivity index (χ0v) is 11.5. The van der Waals surface area contributed by atoms with Gasteiger partial charge in [0.15, 0.2) is 0 Å². The van der Waals surface area contributed by atoms with Crippen molar-refractivity contribution in [3.8, 4) is 5.88 Å². The van der Waals surface area contributed by atoms with Gasteiger partial charge >= 0.3 is 5.97 Å². The first kappa shape index (κ1) is 14.6. The van der Waals surface area contributed by atoms with Gasteiger partial charge in [0.05, 0.1) is 19.2 Å². The van der Waals surface area contributed by atoms with Gasteiger partial charge in [-0.2, -0.15) is 0 Å². The largest absolute Gasteiger partial charge is 0.481 e. The summed E-state index contributed by atoms with van der Waals surface area (Å²) in [5, 5.41) is 11.5. The van der Waals surface area contributed by atoms with E-state index >= 15 is 0 Å². The van der Waals surface area contributed by atoms with Crippen molar-refractivity contribution in [1.82, 2.24) is 10.3 Å². The molecule has 7 nitrogen and oxygen atoms in total. The second-order valence-corrected chi connectivity index (χ2v) is 4.26. The van der Waals surface area contributed by atoms with Crippen molar-refractivity contribution in [2.45, 2.75) is 13.5 Å². The summed E-state index contributed by atoms with van der Waals surface area (Å²) in [6.07, 6.45) is 1.39. The third-order valence-corrected chi connectivity index (χ3v) is 2.83. The molecular formula is C14H14N2O5. The van der Waals surface area contributed by atoms with Crippen molar-refractivity contribution in [2.24, 2.45) is 0 Å². The van der Waals surface area contributed by atoms with E-state index in [-0.39, 0.29) is 18.0 Å². The van der Waals surface area contributed by atoms with E-state index in [1.807, 2.05) is 0 Å². The number of aromatic nitrogens is 1. The first-order valence-electron chi connectivity index (χ1n) is 6.12. The summed E-state index contributed by atoms with van der Waals surface area (Å²) in [4.78, 5) is 26.7. The van der Waals surface area contributed by atoms with Gasteiger partial charge in [0.2, 0.25) is 5.88 Å². The van der Waals surface area contributed by atoms with Gasteiger partial charge in [0, 0.05) is 12.3 Å². The molecule has 0 radical (unpaired) electrons. The van der Waals surface area contributed by atoms with E-state index < -0.39 is 5.97 Å². The molecule has 0 aromatic carbocycles. The fraction of sp³-hybridized carbons (Fsp3) is 0.214. The Kier molecular flexibility index (Phi) is 4.22. The SMILES string of the molecule is COc1ccc(C(=O)NCc2cc(C(=O)O)c(C)o2)cn1. The molecule has 0 fully saturated rings. The molecule has 2 N–H and O–H groups in total. The molecule has 1 amide bonds. The summed E-state index contributed by atoms with van der Waals surface area (Å²) in [5.74, 6) is -0.304. The van der Waals surface area contributed by atoms with Crippen LogP contribution in [0, 0.1) is 6.92 Å². The number of furan rings is 1. The standard InChI is InChI=1S/C14H14N2O5/c1-8-11(14(18)19)5-10(21-8)7-16-13(17)9-3-4-12(20-2)15-6-9/h3-6H,7H2,1-2H3,(H,16,17)(H,18,19). The lowest BCUT2D eigenvalue weighted by molar-refractivity contribution is 0.0694. The maximum atomic E-state index is 11.9. The highest BCUT2D eigenvalue weighted by atomic mass is 16.5. The molecule has 7 heteroatoms. The van der Waals surface area contributed by atoms with Crippen LogP contribution < -0.4 is 10.1 Å². The van der Waals surface area contributed by atoms with Gasteiger partial charge in [-0.05, 0) is 19.1 Å². The molecule has 0 saturated carbocycles. The van der Waals surface area contributed by atoms with Crippen LogP contribution in [0.2, 0.25) is 0 Å². The summed E-state index contributed by atoms with van der Waals surface area (Å²) < 4.78 is 10.2. The Bertz CT molecular complexity index is 661. The number of hydrogen-bond donors (Lipinski definition) is 2. The van der Waals surface area contributed by atoms with E-state index in [0.717, 1.165) is 0 Å². The molecule has 21 heavy (non-hydrogen) atoms. The van der Waals surface area contributed by atoms with Gasteiger partial charge in [-0.15, -0.1) is 0 Å². The van der Waals surface area contributed by atoms with Crippen molar-refractivity contribution in [3.63, 3.8) is 0 Å². The van der Waals surface area contributed by atoms with E-state index in [2.05, 4.69) is 10.3 Å². The topological polar surface area (TPSA) is 102 Å². The van der Waals surface area contributed by atoms with E-state index in [4.69, 9.17) is 14.3 Å². The summed E-state index contributed by atoms with van der Waals surface area (Å²) in [7, 11) is 1.49. The Morgan fingerprint density at radius 2 is 2.19 bits per heavy atom. The van der Waals surface area contributed by atoms with E-state index in [1.54, 1.807) is 19.1 Å². The van der Waals surface area contributed by atoms with Crippen molar-refractivity contribution < 1.29 is 23.8 Å². The summed E-state index contributed by atoms with van der Waals surface area (Å²) in [6, 6.07) is 4.55. The normalized spacial score (nSPS) is 10.2. The number of carboxylic acids is 1. The van der Waals surface area contributed by atoms with E-state index in [1.165, 1.54) is 19.4 Å². The van der Waals surface area contributed by atoms with Crippen LogP contribution in [0.1, 0.15) is 32.2 Å². The predicted octanol–water partition coefficient (Wildman–Crippen LogP) is 1.62. The molecule has 0 bridgehead atoms. The van der Waals surface area contributed by atoms with Gasteiger partial charge in [-0.25, -0.2) is 9.78 Å². The van der Waals surface area contributed by atoms with Crippen LogP contribution in [0.25, 0.3) is 0 Å². The molecule has 0 aliphatic heterocycles. The first-order valence-corrected chi connectivity index (χ1v) is 6.12. The first-order chi connectivity index (χ1) is 10.0. The predicted molar refractivity (Wildman–Crippen MR) is 72.4 cm³/mol. The minimum atomic E-state index is -1.06. The van der Waals surface area contributed by atoms with Crippen LogP contribution in [0.3, 0.4) is 0 Å². The number of pyridine rings is 1. The maximum Gasteiger partial charge on any atom is 0.339 e. The third kappa shape index (κ3) is 3.38. The lowest BCUT2D eigenvalue weighted by atomic mass is 10.2. The fourth-order valence-corrected chi connectivity index (χ4v) is 1.75. The highest BCUT2D eigenvalue weighted by Crippen LogP contribution is 2.14. The summed E-state index contributed by atoms with van der Waals surface area (Å²) >= 11 is 0. The number of aryl methyl sites for hydroxylation is 1. The van der Waals surface area contributed by atoms with Crippen LogP contribution in [0.5, 0.6) is 5.88 Å². The highest BCUT2D eigenvalue weighted by molar-refractivity contribution is 5.94. The Balaban J connectivity index is 2.00. The Hall–Kier alpha value is -2.83. The number of nitrogens with zero attached hydrogens (tertiary/aromatic N) is 1. The number of rotatable bonds is 5. The number of amides is 1. The number of nitrogens with one attached hydrogen (secondary N) is 1. The molecule has 2 aromatic heterocycles. The monoisotopic (exact) mass is 290 g/mol. The van der Waals surface area contributed by atoms with Gasteiger partial charge in [0.1, 0.15) is 17.1 Å². The molecule has 110 valence electrons. The van der Waals surface area contributed by atoms with Crippen molar-refractivity contribution in [2.75, 3.05) is 7.11 Å². The molecule has 0 unspecified atom stereocenters. The number of carbonyl (C=O) groups is 2. The number of carboxylic acid groups (broad SMARTS) is 1. The van der Waals surface area contributed by atoms with E-state index in [0.29, 0.717) is 23.0 Å². The zero-order chi connectivity index (χ0) is 15.4. The minimum Gasteiger partial charge on any atom is -0.481 e. The number of ether oxygens (including phenoxy) is 1. The van der Waals surface area contributed by atoms with Crippen molar-refractivity contribution in [3.05, 3.63) is 47.0 Å². The molecule has 0 aliphatic carbocycles. The molecule has 2 aromatic rings. The molecule has 0 spiro atoms. The van der Waals surface area contributed by atoms with Gasteiger partial charge < -0.3 is 19.6 Å². The average Bonchev–Trinajstić information content (AvgIpc) is 2.86. The average molecular weight is 290 g/mol. The van der Waals surface area contributed by atoms with Crippen molar-refractivity contribution in [1.29, 1.82) is 0 Å². The zero-order valence-electron chi connectivity index (χ0n) is 11.5. The molecule has 0 atom stereocenters. The van der Waals surface area contributed by atoms with Crippen LogP contribution in [-0.4, -0.2) is 29.1 Å². The highest BCUT2D eigenvalue weighted by Gasteiger charge is 2.14. The number of carbonyl (C=O) groups excluding carboxylic acids is 1. The second-order valence-electron chi connectivity index (χ2n) is 4.26. The number of methoxy groups -OCH3 is 1. The van der Waals surface area contributed by atoms with Gasteiger partial charge in [-0.3, -0.25) is 4.79 Å². The lowest BCUT2D eigenvalue weighted by Crippen LogP contribution is -2.22. The quantitative estimate of drug-likeness (QED) is 0.867. The van der Waals surface area contributed by atoms with Gasteiger partial charge in [0.25, 0.3) is 5.91 Å². The lowest BCUT2D eigenvalue weighted by Gasteiger charge is -2.03. The molecular weight excluding hydrogens is 276 g/mol. The Morgan fingerprint density at radius 3 is 2.71 bits per heavy atom. The van der Waals surface area contributed by atoms with Crippen LogP contribution in [0.15, 0.2) is 28.8 Å². The molecule has 0 saturated heterocycles. The second kappa shape index (κ2) is 6.08. The number of aromatic carboxylic acids is 1. The molecule has 0 aliphatic rings. The smallest absolute Gasteiger partial charge is 0.339 e. The van der Waals surface area contributed by atoms with Crippen LogP contribution in [-0.2, 0) is 6.54 Å². The van der Waals surface area contributed by atoms with Crippen LogP contribution in [0.4, 0.5) is 0 Å². The molecule has 2 heterocycles. The summed E-state index contributed by atoms with van der Waals surface area (Å²) in [5.41, 5.74) is 0.461. The minimum absolute atomic E-state index is 0.0883. The Morgan fingerprint density at radius 1 is 1.43 bits per heavy atom. The number of hydrogen-bond acceptors (Lipinski definition) is 5. The Labute approximate surface area is 120 Å². The summed E-state index contributed by atoms with van der Waals surface area (Å²) in [6.45, 7) is 1.65. The third-order valence-electron chi connectivity index (χ3n) is 2.83. The maximum absolute atomic E-state index is 11.9. The van der Waals surface area contributed by atoms with Crippen LogP contribution >= 0.6 is 0 Å². The van der Waals surface area contributed by atoms with Crippen molar-refractivity contribution >= 4 is 11.9 Å². The fourth-order valence-electron chi connectivity index (χ4n) is 1.75. The molecule has 2 rings (SSSR count). The van der Waals surface area contributed by atoms with E-state index in [9.17, 15) is 9.59 Å². The van der Waals surface area contributed by atoms with Gasteiger partial charge in [-0.1, -0.05) is 0 Å².